The van der Waals surface area contributed by atoms with Crippen molar-refractivity contribution in [2.75, 3.05) is 7.11 Å². The van der Waals surface area contributed by atoms with Crippen LogP contribution in [0.1, 0.15) is 39.6 Å². The topological polar surface area (TPSA) is 108 Å². The molecule has 0 amide bonds. The number of ketones is 1. The van der Waals surface area contributed by atoms with Crippen LogP contribution in [0.4, 0.5) is 0 Å². The molecule has 2 aliphatic heterocycles. The summed E-state index contributed by atoms with van der Waals surface area (Å²) in [6, 6.07) is 13.6. The summed E-state index contributed by atoms with van der Waals surface area (Å²) >= 11 is 0. The molecule has 0 spiro atoms. The van der Waals surface area contributed by atoms with Gasteiger partial charge in [-0.1, -0.05) is 0 Å². The second kappa shape index (κ2) is 7.48. The number of fused-ring (bicyclic) bond motifs is 4. The first-order valence-electron chi connectivity index (χ1n) is 10.6. The molecule has 2 aromatic carbocycles. The van der Waals surface area contributed by atoms with Gasteiger partial charge in [-0.05, 0) is 48.5 Å². The number of carbonyl (C=O) groups excluding carboxylic acids is 2. The summed E-state index contributed by atoms with van der Waals surface area (Å²) in [6.07, 6.45) is 2.93. The molecule has 8 nitrogen and oxygen atoms in total. The number of nitrogens with one attached hydrogen (secondary N) is 1. The van der Waals surface area contributed by atoms with Crippen molar-refractivity contribution in [2.45, 2.75) is 12.3 Å². The Morgan fingerprint density at radius 3 is 2.74 bits per heavy atom. The van der Waals surface area contributed by atoms with E-state index in [9.17, 15) is 14.4 Å². The van der Waals surface area contributed by atoms with E-state index in [1.807, 2.05) is 0 Å². The van der Waals surface area contributed by atoms with E-state index in [2.05, 4.69) is 4.98 Å². The second-order valence-corrected chi connectivity index (χ2v) is 8.05. The van der Waals surface area contributed by atoms with Crippen molar-refractivity contribution >= 4 is 28.7 Å². The minimum atomic E-state index is -0.665. The number of H-pyrrole nitrogens is 1. The highest BCUT2D eigenvalue weighted by Crippen LogP contribution is 2.48. The molecular weight excluding hydrogens is 438 g/mol. The molecule has 1 N–H and O–H groups in total. The lowest BCUT2D eigenvalue weighted by molar-refractivity contribution is -0.135. The molecule has 0 fully saturated rings. The van der Waals surface area contributed by atoms with Gasteiger partial charge < -0.3 is 23.6 Å². The third kappa shape index (κ3) is 3.11. The predicted octanol–water partition coefficient (Wildman–Crippen LogP) is 4.19. The number of aromatic amines is 1. The lowest BCUT2D eigenvalue weighted by Gasteiger charge is -2.26. The fourth-order valence-corrected chi connectivity index (χ4v) is 4.46. The van der Waals surface area contributed by atoms with Gasteiger partial charge in [-0.2, -0.15) is 0 Å². The number of allylic oxidation sites excluding steroid dienone is 1. The van der Waals surface area contributed by atoms with Gasteiger partial charge in [-0.25, -0.2) is 0 Å². The van der Waals surface area contributed by atoms with Gasteiger partial charge in [-0.3, -0.25) is 14.4 Å². The van der Waals surface area contributed by atoms with E-state index in [1.165, 1.54) is 12.3 Å². The Bertz CT molecular complexity index is 1580. The number of pyridine rings is 1. The molecule has 0 radical (unpaired) electrons. The molecule has 0 unspecified atom stereocenters. The fourth-order valence-electron chi connectivity index (χ4n) is 4.46. The number of ether oxygens (including phenoxy) is 3. The zero-order chi connectivity index (χ0) is 23.4. The zero-order valence-corrected chi connectivity index (χ0v) is 17.9. The molecule has 0 bridgehead atoms. The number of Topliss-reactive ketones (excluding diaryl/α,β-unsaturated/α-hetero) is 1. The number of esters is 1. The molecule has 4 aromatic rings. The molecular formula is C26H17NO7. The van der Waals surface area contributed by atoms with Crippen LogP contribution >= 0.6 is 0 Å². The minimum Gasteiger partial charge on any atom is -0.497 e. The number of benzene rings is 2. The van der Waals surface area contributed by atoms with Crippen molar-refractivity contribution in [1.29, 1.82) is 0 Å². The Morgan fingerprint density at radius 2 is 1.94 bits per heavy atom. The number of rotatable bonds is 3. The largest absolute Gasteiger partial charge is 0.497 e. The van der Waals surface area contributed by atoms with Crippen molar-refractivity contribution in [3.63, 3.8) is 0 Å². The standard InChI is InChI=1S/C26H17NO7/c1-31-14-4-6-19-13(9-14)10-18(26(30)27-19)17-12-22(28)33-20-7-5-16-24(29)21(34-25(16)23(17)20)11-15-3-2-8-32-15/h2-11,17H,12H2,1H3,(H,27,30)/b21-11-/t17-/m0/s1. The summed E-state index contributed by atoms with van der Waals surface area (Å²) in [4.78, 5) is 41.4. The average molecular weight is 455 g/mol. The van der Waals surface area contributed by atoms with Crippen LogP contribution in [0.3, 0.4) is 0 Å². The van der Waals surface area contributed by atoms with E-state index in [1.54, 1.807) is 55.6 Å². The molecule has 1 atom stereocenters. The fraction of sp³-hybridized carbons (Fsp3) is 0.115. The van der Waals surface area contributed by atoms with Crippen LogP contribution in [0.2, 0.25) is 0 Å². The van der Waals surface area contributed by atoms with E-state index in [0.29, 0.717) is 33.7 Å². The molecule has 34 heavy (non-hydrogen) atoms. The highest BCUT2D eigenvalue weighted by atomic mass is 16.5. The van der Waals surface area contributed by atoms with E-state index in [0.717, 1.165) is 5.39 Å². The van der Waals surface area contributed by atoms with E-state index >= 15 is 0 Å². The van der Waals surface area contributed by atoms with Crippen LogP contribution in [-0.2, 0) is 4.79 Å². The van der Waals surface area contributed by atoms with Gasteiger partial charge >= 0.3 is 5.97 Å². The van der Waals surface area contributed by atoms with Gasteiger partial charge in [0, 0.05) is 34.0 Å². The van der Waals surface area contributed by atoms with Crippen LogP contribution in [0.25, 0.3) is 17.0 Å². The van der Waals surface area contributed by atoms with E-state index in [-0.39, 0.29) is 35.0 Å². The summed E-state index contributed by atoms with van der Waals surface area (Å²) in [7, 11) is 1.56. The lowest BCUT2D eigenvalue weighted by atomic mass is 9.85. The average Bonchev–Trinajstić information content (AvgIpc) is 3.46. The number of furan rings is 1. The second-order valence-electron chi connectivity index (χ2n) is 8.05. The van der Waals surface area contributed by atoms with Crippen LogP contribution < -0.4 is 19.8 Å². The van der Waals surface area contributed by atoms with Gasteiger partial charge in [0.2, 0.25) is 5.78 Å². The van der Waals surface area contributed by atoms with Crippen LogP contribution in [0.5, 0.6) is 17.2 Å². The summed E-state index contributed by atoms with van der Waals surface area (Å²) in [5, 5.41) is 0.748. The highest BCUT2D eigenvalue weighted by Gasteiger charge is 2.39. The molecule has 0 saturated carbocycles. The quantitative estimate of drug-likeness (QED) is 0.280. The first-order chi connectivity index (χ1) is 16.5. The summed E-state index contributed by atoms with van der Waals surface area (Å²) in [5.74, 6) is 0.275. The van der Waals surface area contributed by atoms with Crippen LogP contribution in [-0.4, -0.2) is 23.8 Å². The number of carbonyl (C=O) groups is 2. The maximum Gasteiger partial charge on any atom is 0.312 e. The van der Waals surface area contributed by atoms with Gasteiger partial charge in [0.05, 0.1) is 25.4 Å². The maximum atomic E-state index is 13.1. The molecule has 168 valence electrons. The first-order valence-corrected chi connectivity index (χ1v) is 10.6. The van der Waals surface area contributed by atoms with Crippen molar-refractivity contribution in [2.24, 2.45) is 0 Å². The van der Waals surface area contributed by atoms with Crippen molar-refractivity contribution in [3.05, 3.63) is 93.4 Å². The van der Waals surface area contributed by atoms with E-state index in [4.69, 9.17) is 18.6 Å². The molecule has 0 aliphatic carbocycles. The highest BCUT2D eigenvalue weighted by molar-refractivity contribution is 6.15. The van der Waals surface area contributed by atoms with Crippen LogP contribution in [0.15, 0.2) is 69.8 Å². The molecule has 2 aliphatic rings. The lowest BCUT2D eigenvalue weighted by Crippen LogP contribution is -2.26. The van der Waals surface area contributed by atoms with Gasteiger partial charge in [-0.15, -0.1) is 0 Å². The van der Waals surface area contributed by atoms with Gasteiger partial charge in [0.15, 0.2) is 5.76 Å². The monoisotopic (exact) mass is 455 g/mol. The third-order valence-corrected chi connectivity index (χ3v) is 6.05. The first kappa shape index (κ1) is 20.0. The number of hydrogen-bond donors (Lipinski definition) is 1. The van der Waals surface area contributed by atoms with Gasteiger partial charge in [0.25, 0.3) is 5.56 Å². The van der Waals surface area contributed by atoms with Gasteiger partial charge in [0.1, 0.15) is 23.0 Å². The Kier molecular flexibility index (Phi) is 4.41. The summed E-state index contributed by atoms with van der Waals surface area (Å²) in [5.41, 5.74) is 1.49. The Labute approximate surface area is 192 Å². The third-order valence-electron chi connectivity index (χ3n) is 6.05. The predicted molar refractivity (Wildman–Crippen MR) is 121 cm³/mol. The summed E-state index contributed by atoms with van der Waals surface area (Å²) < 4.78 is 22.0. The Hall–Kier alpha value is -4.59. The Balaban J connectivity index is 1.52. The molecule has 4 heterocycles. The van der Waals surface area contributed by atoms with Crippen molar-refractivity contribution in [3.8, 4) is 17.2 Å². The van der Waals surface area contributed by atoms with E-state index < -0.39 is 11.9 Å². The molecule has 8 heteroatoms. The smallest absolute Gasteiger partial charge is 0.312 e. The van der Waals surface area contributed by atoms with Crippen molar-refractivity contribution < 1.29 is 28.2 Å². The normalized spacial score (nSPS) is 17.9. The number of methoxy groups -OCH3 is 1. The maximum absolute atomic E-state index is 13.1. The Morgan fingerprint density at radius 1 is 1.06 bits per heavy atom. The molecule has 0 saturated heterocycles. The zero-order valence-electron chi connectivity index (χ0n) is 17.9. The van der Waals surface area contributed by atoms with Crippen molar-refractivity contribution in [1.82, 2.24) is 4.98 Å². The number of aromatic nitrogens is 1. The SMILES string of the molecule is COc1ccc2[nH]c(=O)c([C@@H]3CC(=O)Oc4ccc5c(c43)O/C(=C\c3ccco3)C5=O)cc2c1. The number of hydrogen-bond acceptors (Lipinski definition) is 7. The minimum absolute atomic E-state index is 0.0726. The summed E-state index contributed by atoms with van der Waals surface area (Å²) in [6.45, 7) is 0. The van der Waals surface area contributed by atoms with Crippen LogP contribution in [0, 0.1) is 0 Å². The molecule has 6 rings (SSSR count). The molecule has 2 aromatic heterocycles.